The minimum absolute atomic E-state index is 0.0395. The summed E-state index contributed by atoms with van der Waals surface area (Å²) in [5, 5.41) is 7.15. The van der Waals surface area contributed by atoms with Gasteiger partial charge in [0.1, 0.15) is 12.7 Å². The van der Waals surface area contributed by atoms with E-state index in [4.69, 9.17) is 49.7 Å². The minimum Gasteiger partial charge on any atom is -0.475 e. The molecule has 0 spiro atoms. The Morgan fingerprint density at radius 2 is 2.08 bits per heavy atom. The zero-order valence-corrected chi connectivity index (χ0v) is 8.58. The van der Waals surface area contributed by atoms with Gasteiger partial charge in [-0.25, -0.2) is 0 Å². The van der Waals surface area contributed by atoms with Gasteiger partial charge in [0.15, 0.2) is 0 Å². The van der Waals surface area contributed by atoms with E-state index in [1.165, 1.54) is 0 Å². The van der Waals surface area contributed by atoms with Crippen molar-refractivity contribution in [1.82, 2.24) is 0 Å². The SMILES string of the molecule is C[C@H]1O[C@@H]1COC(=N)C(Cl)(Cl)Cl. The number of halogens is 3. The van der Waals surface area contributed by atoms with E-state index in [0.717, 1.165) is 0 Å². The molecule has 1 saturated heterocycles. The van der Waals surface area contributed by atoms with Crippen LogP contribution in [-0.4, -0.2) is 28.5 Å². The van der Waals surface area contributed by atoms with Crippen LogP contribution in [0.3, 0.4) is 0 Å². The van der Waals surface area contributed by atoms with Gasteiger partial charge in [-0.05, 0) is 6.92 Å². The van der Waals surface area contributed by atoms with Gasteiger partial charge in [0.05, 0.1) is 6.10 Å². The van der Waals surface area contributed by atoms with Crippen LogP contribution in [-0.2, 0) is 9.47 Å². The summed E-state index contributed by atoms with van der Waals surface area (Å²) in [6, 6.07) is 0. The van der Waals surface area contributed by atoms with E-state index in [1.54, 1.807) is 0 Å². The van der Waals surface area contributed by atoms with Crippen LogP contribution in [0.2, 0.25) is 0 Å². The first-order valence-corrected chi connectivity index (χ1v) is 4.48. The first kappa shape index (κ1) is 10.4. The topological polar surface area (TPSA) is 45.6 Å². The highest BCUT2D eigenvalue weighted by molar-refractivity contribution is 6.76. The van der Waals surface area contributed by atoms with Gasteiger partial charge in [-0.1, -0.05) is 34.8 Å². The second-order valence-corrected chi connectivity index (χ2v) is 4.80. The first-order chi connectivity index (χ1) is 5.41. The summed E-state index contributed by atoms with van der Waals surface area (Å²) in [7, 11) is 0. The molecule has 0 radical (unpaired) electrons. The van der Waals surface area contributed by atoms with Crippen molar-refractivity contribution < 1.29 is 9.47 Å². The number of nitrogens with one attached hydrogen (secondary N) is 1. The van der Waals surface area contributed by atoms with Crippen molar-refractivity contribution in [3.05, 3.63) is 0 Å². The molecule has 0 amide bonds. The van der Waals surface area contributed by atoms with Crippen LogP contribution in [0.5, 0.6) is 0 Å². The average Bonchev–Trinajstić information content (AvgIpc) is 2.59. The van der Waals surface area contributed by atoms with E-state index in [9.17, 15) is 0 Å². The highest BCUT2D eigenvalue weighted by atomic mass is 35.6. The maximum absolute atomic E-state index is 7.15. The molecule has 1 fully saturated rings. The largest absolute Gasteiger partial charge is 0.475 e. The molecule has 70 valence electrons. The summed E-state index contributed by atoms with van der Waals surface area (Å²) in [4.78, 5) is 0. The zero-order chi connectivity index (χ0) is 9.35. The predicted molar refractivity (Wildman–Crippen MR) is 48.3 cm³/mol. The van der Waals surface area contributed by atoms with E-state index in [0.29, 0.717) is 0 Å². The number of epoxide rings is 1. The van der Waals surface area contributed by atoms with Crippen LogP contribution >= 0.6 is 34.8 Å². The van der Waals surface area contributed by atoms with Crippen molar-refractivity contribution in [3.8, 4) is 0 Å². The van der Waals surface area contributed by atoms with Crippen LogP contribution in [0.15, 0.2) is 0 Å². The molecule has 0 aliphatic carbocycles. The summed E-state index contributed by atoms with van der Waals surface area (Å²) in [5.41, 5.74) is 0. The molecule has 1 rings (SSSR count). The molecule has 0 saturated carbocycles. The van der Waals surface area contributed by atoms with E-state index in [-0.39, 0.29) is 24.7 Å². The molecule has 1 N–H and O–H groups in total. The lowest BCUT2D eigenvalue weighted by Gasteiger charge is -2.12. The molecular formula is C6H8Cl3NO2. The monoisotopic (exact) mass is 231 g/mol. The molecule has 0 aromatic rings. The molecule has 3 nitrogen and oxygen atoms in total. The number of ether oxygens (including phenoxy) is 2. The van der Waals surface area contributed by atoms with Crippen molar-refractivity contribution in [1.29, 1.82) is 5.41 Å². The van der Waals surface area contributed by atoms with Gasteiger partial charge in [-0.3, -0.25) is 5.41 Å². The predicted octanol–water partition coefficient (Wildman–Crippen LogP) is 2.14. The molecule has 0 aromatic carbocycles. The van der Waals surface area contributed by atoms with E-state index in [1.807, 2.05) is 6.92 Å². The molecule has 1 aliphatic heterocycles. The Bertz CT molecular complexity index is 192. The number of alkyl halides is 3. The Hall–Kier alpha value is 0.300. The quantitative estimate of drug-likeness (QED) is 0.343. The fourth-order valence-electron chi connectivity index (χ4n) is 0.652. The van der Waals surface area contributed by atoms with Gasteiger partial charge in [-0.2, -0.15) is 0 Å². The van der Waals surface area contributed by atoms with Gasteiger partial charge in [0, 0.05) is 0 Å². The fraction of sp³-hybridized carbons (Fsp3) is 0.833. The van der Waals surface area contributed by atoms with Crippen LogP contribution in [0.25, 0.3) is 0 Å². The molecule has 0 unspecified atom stereocenters. The number of rotatable bonds is 2. The van der Waals surface area contributed by atoms with Gasteiger partial charge in [-0.15, -0.1) is 0 Å². The van der Waals surface area contributed by atoms with Crippen LogP contribution in [0, 0.1) is 5.41 Å². The summed E-state index contributed by atoms with van der Waals surface area (Å²) >= 11 is 16.1. The molecule has 1 heterocycles. The zero-order valence-electron chi connectivity index (χ0n) is 6.31. The van der Waals surface area contributed by atoms with Crippen molar-refractivity contribution >= 4 is 40.7 Å². The Kier molecular flexibility index (Phi) is 3.10. The molecule has 6 heteroatoms. The second kappa shape index (κ2) is 3.58. The lowest BCUT2D eigenvalue weighted by molar-refractivity contribution is 0.245. The first-order valence-electron chi connectivity index (χ1n) is 3.35. The lowest BCUT2D eigenvalue weighted by Crippen LogP contribution is -2.23. The van der Waals surface area contributed by atoms with Crippen molar-refractivity contribution in [2.75, 3.05) is 6.61 Å². The lowest BCUT2D eigenvalue weighted by atomic mass is 10.4. The van der Waals surface area contributed by atoms with Gasteiger partial charge in [0.25, 0.3) is 3.79 Å². The number of hydrogen-bond donors (Lipinski definition) is 1. The normalized spacial score (nSPS) is 28.3. The molecule has 0 bridgehead atoms. The Morgan fingerprint density at radius 1 is 1.58 bits per heavy atom. The Morgan fingerprint density at radius 3 is 2.42 bits per heavy atom. The molecule has 1 aliphatic rings. The maximum Gasteiger partial charge on any atom is 0.265 e. The fourth-order valence-corrected chi connectivity index (χ4v) is 0.816. The third kappa shape index (κ3) is 2.98. The second-order valence-electron chi connectivity index (χ2n) is 2.52. The van der Waals surface area contributed by atoms with Gasteiger partial charge < -0.3 is 9.47 Å². The van der Waals surface area contributed by atoms with E-state index >= 15 is 0 Å². The van der Waals surface area contributed by atoms with Crippen LogP contribution in [0.1, 0.15) is 6.92 Å². The molecular weight excluding hydrogens is 224 g/mol. The summed E-state index contributed by atoms with van der Waals surface area (Å²) in [5.74, 6) is -0.366. The molecule has 12 heavy (non-hydrogen) atoms. The van der Waals surface area contributed by atoms with Gasteiger partial charge in [0.2, 0.25) is 5.90 Å². The van der Waals surface area contributed by atoms with Gasteiger partial charge >= 0.3 is 0 Å². The Balaban J connectivity index is 2.19. The number of hydrogen-bond acceptors (Lipinski definition) is 3. The van der Waals surface area contributed by atoms with Crippen LogP contribution in [0.4, 0.5) is 0 Å². The van der Waals surface area contributed by atoms with E-state index < -0.39 is 3.79 Å². The van der Waals surface area contributed by atoms with E-state index in [2.05, 4.69) is 0 Å². The third-order valence-corrected chi connectivity index (χ3v) is 2.00. The summed E-state index contributed by atoms with van der Waals surface area (Å²) in [6.45, 7) is 2.18. The molecule has 0 aromatic heterocycles. The average molecular weight is 232 g/mol. The highest BCUT2D eigenvalue weighted by Gasteiger charge is 2.37. The highest BCUT2D eigenvalue weighted by Crippen LogP contribution is 2.29. The van der Waals surface area contributed by atoms with Crippen molar-refractivity contribution in [2.24, 2.45) is 0 Å². The Labute approximate surface area is 85.4 Å². The molecule has 2 atom stereocenters. The third-order valence-electron chi connectivity index (χ3n) is 1.49. The smallest absolute Gasteiger partial charge is 0.265 e. The summed E-state index contributed by atoms with van der Waals surface area (Å²) in [6.07, 6.45) is 0.228. The van der Waals surface area contributed by atoms with Crippen LogP contribution < -0.4 is 0 Å². The maximum atomic E-state index is 7.15. The summed E-state index contributed by atoms with van der Waals surface area (Å²) < 4.78 is 8.13. The van der Waals surface area contributed by atoms with Crippen molar-refractivity contribution in [3.63, 3.8) is 0 Å². The minimum atomic E-state index is -1.77. The standard InChI is InChI=1S/C6H8Cl3NO2/c1-3-4(12-3)2-11-5(10)6(7,8)9/h3-4,10H,2H2,1H3/t3-,4-/m1/s1. The van der Waals surface area contributed by atoms with Crippen molar-refractivity contribution in [2.45, 2.75) is 22.9 Å².